The van der Waals surface area contributed by atoms with E-state index in [4.69, 9.17) is 9.78 Å². The van der Waals surface area contributed by atoms with E-state index in [1.807, 2.05) is 88.4 Å². The van der Waals surface area contributed by atoms with Gasteiger partial charge in [0.15, 0.2) is 0 Å². The second-order valence-electron chi connectivity index (χ2n) is 7.27. The molecule has 0 bridgehead atoms. The molecule has 0 saturated carbocycles. The van der Waals surface area contributed by atoms with Gasteiger partial charge in [0.1, 0.15) is 11.2 Å². The minimum absolute atomic E-state index is 0.493. The first-order chi connectivity index (χ1) is 11.8. The number of benzene rings is 2. The maximum atomic E-state index is 5.73. The van der Waals surface area contributed by atoms with E-state index < -0.39 is 11.2 Å². The maximum absolute atomic E-state index is 5.73. The molecule has 2 aromatic carbocycles. The first kappa shape index (κ1) is 21.4. The van der Waals surface area contributed by atoms with E-state index in [1.54, 1.807) is 0 Å². The molecule has 0 atom stereocenters. The topological polar surface area (TPSA) is 18.5 Å². The van der Waals surface area contributed by atoms with Gasteiger partial charge in [0.05, 0.1) is 0 Å². The molecule has 2 heteroatoms. The van der Waals surface area contributed by atoms with Crippen molar-refractivity contribution >= 4 is 0 Å². The van der Waals surface area contributed by atoms with Crippen LogP contribution in [0, 0.1) is 0 Å². The molecule has 25 heavy (non-hydrogen) atoms. The molecular weight excluding hydrogens is 308 g/mol. The third-order valence-corrected chi connectivity index (χ3v) is 4.10. The Labute approximate surface area is 154 Å². The molecule has 138 valence electrons. The van der Waals surface area contributed by atoms with Crippen molar-refractivity contribution in [3.05, 3.63) is 71.8 Å². The Morgan fingerprint density at radius 1 is 0.600 bits per heavy atom. The smallest absolute Gasteiger partial charge is 0.123 e. The molecular formula is C23H34O2. The largest absolute Gasteiger partial charge is 0.225 e. The number of hydrogen-bond acceptors (Lipinski definition) is 2. The summed E-state index contributed by atoms with van der Waals surface area (Å²) in [4.78, 5) is 11.5. The van der Waals surface area contributed by atoms with Crippen LogP contribution >= 0.6 is 0 Å². The highest BCUT2D eigenvalue weighted by molar-refractivity contribution is 5.22. The lowest BCUT2D eigenvalue weighted by Crippen LogP contribution is -2.29. The van der Waals surface area contributed by atoms with Crippen LogP contribution in [0.3, 0.4) is 0 Å². The van der Waals surface area contributed by atoms with Gasteiger partial charge in [0, 0.05) is 0 Å². The van der Waals surface area contributed by atoms with Gasteiger partial charge in [-0.3, -0.25) is 0 Å². The summed E-state index contributed by atoms with van der Waals surface area (Å²) in [5.41, 5.74) is 1.19. The molecule has 2 rings (SSSR count). The normalized spacial score (nSPS) is 11.6. The number of unbranched alkanes of at least 4 members (excludes halogenated alkanes) is 2. The molecule has 0 amide bonds. The summed E-state index contributed by atoms with van der Waals surface area (Å²) in [6.45, 7) is 12.4. The first-order valence-electron chi connectivity index (χ1n) is 9.31. The Hall–Kier alpha value is -1.64. The van der Waals surface area contributed by atoms with Gasteiger partial charge in [-0.1, -0.05) is 93.8 Å². The molecule has 0 aromatic heterocycles. The Morgan fingerprint density at radius 3 is 1.16 bits per heavy atom. The summed E-state index contributed by atoms with van der Waals surface area (Å²) < 4.78 is 0. The average molecular weight is 343 g/mol. The molecule has 0 aliphatic heterocycles. The highest BCUT2D eigenvalue weighted by atomic mass is 17.2. The van der Waals surface area contributed by atoms with Gasteiger partial charge < -0.3 is 0 Å². The van der Waals surface area contributed by atoms with Crippen LogP contribution in [0.4, 0.5) is 0 Å². The Bertz CT molecular complexity index is 520. The predicted molar refractivity (Wildman–Crippen MR) is 106 cm³/mol. The monoisotopic (exact) mass is 342 g/mol. The summed E-state index contributed by atoms with van der Waals surface area (Å²) in [5, 5.41) is 0. The van der Waals surface area contributed by atoms with E-state index in [1.165, 1.54) is 19.3 Å². The van der Waals surface area contributed by atoms with Crippen LogP contribution in [0.5, 0.6) is 0 Å². The van der Waals surface area contributed by atoms with Crippen LogP contribution in [0.2, 0.25) is 0 Å². The van der Waals surface area contributed by atoms with Crippen molar-refractivity contribution in [1.82, 2.24) is 0 Å². The molecule has 0 aliphatic carbocycles. The second-order valence-corrected chi connectivity index (χ2v) is 7.27. The van der Waals surface area contributed by atoms with Crippen molar-refractivity contribution in [2.24, 2.45) is 0 Å². The number of rotatable bonds is 7. The fourth-order valence-electron chi connectivity index (χ4n) is 2.34. The molecule has 0 heterocycles. The summed E-state index contributed by atoms with van der Waals surface area (Å²) in [6, 6.07) is 20.2. The third kappa shape index (κ3) is 7.41. The van der Waals surface area contributed by atoms with Crippen LogP contribution in [-0.2, 0) is 21.0 Å². The van der Waals surface area contributed by atoms with Crippen LogP contribution in [0.25, 0.3) is 0 Å². The molecule has 0 saturated heterocycles. The maximum Gasteiger partial charge on any atom is 0.123 e. The zero-order chi connectivity index (χ0) is 18.8. The van der Waals surface area contributed by atoms with E-state index in [9.17, 15) is 0 Å². The molecule has 2 aromatic rings. The van der Waals surface area contributed by atoms with Crippen molar-refractivity contribution in [2.75, 3.05) is 0 Å². The molecule has 0 spiro atoms. The van der Waals surface area contributed by atoms with Gasteiger partial charge >= 0.3 is 0 Å². The highest BCUT2D eigenvalue weighted by Crippen LogP contribution is 2.31. The van der Waals surface area contributed by atoms with Gasteiger partial charge in [0.25, 0.3) is 0 Å². The second kappa shape index (κ2) is 10.4. The number of hydrogen-bond donors (Lipinski definition) is 0. The molecule has 0 radical (unpaired) electrons. The van der Waals surface area contributed by atoms with Crippen molar-refractivity contribution in [2.45, 2.75) is 72.0 Å². The SMILES string of the molecule is CC(C)(OOC(C)(C)c1ccccc1)c1ccccc1.CCCCC. The van der Waals surface area contributed by atoms with Crippen LogP contribution in [0.1, 0.15) is 71.9 Å². The Balaban J connectivity index is 0.000000550. The lowest BCUT2D eigenvalue weighted by molar-refractivity contribution is -0.410. The third-order valence-electron chi connectivity index (χ3n) is 4.10. The van der Waals surface area contributed by atoms with E-state index >= 15 is 0 Å². The van der Waals surface area contributed by atoms with Crippen molar-refractivity contribution < 1.29 is 9.78 Å². The molecule has 0 N–H and O–H groups in total. The van der Waals surface area contributed by atoms with E-state index in [2.05, 4.69) is 13.8 Å². The average Bonchev–Trinajstić information content (AvgIpc) is 2.63. The van der Waals surface area contributed by atoms with Gasteiger partial charge in [-0.25, -0.2) is 9.78 Å². The zero-order valence-corrected chi connectivity index (χ0v) is 16.7. The van der Waals surface area contributed by atoms with Gasteiger partial charge in [0.2, 0.25) is 0 Å². The van der Waals surface area contributed by atoms with E-state index in [0.717, 1.165) is 11.1 Å². The molecule has 0 fully saturated rings. The molecule has 0 aliphatic rings. The van der Waals surface area contributed by atoms with Crippen LogP contribution in [0.15, 0.2) is 60.7 Å². The quantitative estimate of drug-likeness (QED) is 0.398. The predicted octanol–water partition coefficient (Wildman–Crippen LogP) is 7.00. The first-order valence-corrected chi connectivity index (χ1v) is 9.31. The minimum Gasteiger partial charge on any atom is -0.225 e. The van der Waals surface area contributed by atoms with E-state index in [-0.39, 0.29) is 0 Å². The summed E-state index contributed by atoms with van der Waals surface area (Å²) in [6.07, 6.45) is 4.08. The van der Waals surface area contributed by atoms with Gasteiger partial charge in [-0.2, -0.15) is 0 Å². The van der Waals surface area contributed by atoms with Crippen LogP contribution in [-0.4, -0.2) is 0 Å². The lowest BCUT2D eigenvalue weighted by atomic mass is 9.98. The zero-order valence-electron chi connectivity index (χ0n) is 16.7. The summed E-state index contributed by atoms with van der Waals surface area (Å²) >= 11 is 0. The molecule has 0 unspecified atom stereocenters. The van der Waals surface area contributed by atoms with Gasteiger partial charge in [-0.15, -0.1) is 0 Å². The van der Waals surface area contributed by atoms with Crippen molar-refractivity contribution in [1.29, 1.82) is 0 Å². The lowest BCUT2D eigenvalue weighted by Gasteiger charge is -2.31. The Kier molecular flexibility index (Phi) is 8.88. The van der Waals surface area contributed by atoms with Gasteiger partial charge in [-0.05, 0) is 38.8 Å². The summed E-state index contributed by atoms with van der Waals surface area (Å²) in [5.74, 6) is 0. The fourth-order valence-corrected chi connectivity index (χ4v) is 2.34. The fraction of sp³-hybridized carbons (Fsp3) is 0.478. The van der Waals surface area contributed by atoms with Crippen LogP contribution < -0.4 is 0 Å². The highest BCUT2D eigenvalue weighted by Gasteiger charge is 2.29. The Morgan fingerprint density at radius 2 is 0.920 bits per heavy atom. The van der Waals surface area contributed by atoms with Crippen molar-refractivity contribution in [3.8, 4) is 0 Å². The summed E-state index contributed by atoms with van der Waals surface area (Å²) in [7, 11) is 0. The molecule has 2 nitrogen and oxygen atoms in total. The minimum atomic E-state index is -0.493. The van der Waals surface area contributed by atoms with E-state index in [0.29, 0.717) is 0 Å². The standard InChI is InChI=1S/C18H22O2.C5H12/c1-17(2,15-11-7-5-8-12-15)19-20-18(3,4)16-13-9-6-10-14-16;1-3-5-4-2/h5-14H,1-4H3;3-5H2,1-2H3. The van der Waals surface area contributed by atoms with Crippen molar-refractivity contribution in [3.63, 3.8) is 0 Å².